The molecule has 0 atom stereocenters. The molecule has 0 saturated carbocycles. The van der Waals surface area contributed by atoms with Gasteiger partial charge in [-0.25, -0.2) is 0 Å². The van der Waals surface area contributed by atoms with Crippen molar-refractivity contribution in [1.82, 2.24) is 0 Å². The van der Waals surface area contributed by atoms with E-state index in [-0.39, 0.29) is 5.41 Å². The van der Waals surface area contributed by atoms with Gasteiger partial charge in [-0.2, -0.15) is 0 Å². The predicted molar refractivity (Wildman–Crippen MR) is 83.7 cm³/mol. The Morgan fingerprint density at radius 2 is 1.58 bits per heavy atom. The van der Waals surface area contributed by atoms with Crippen molar-refractivity contribution in [3.05, 3.63) is 70.8 Å². The smallest absolute Gasteiger partial charge is 0.0149 e. The van der Waals surface area contributed by atoms with Gasteiger partial charge in [-0.3, -0.25) is 0 Å². The molecule has 19 heavy (non-hydrogen) atoms. The maximum Gasteiger partial charge on any atom is 0.0149 e. The second-order valence-corrected chi connectivity index (χ2v) is 5.84. The van der Waals surface area contributed by atoms with Crippen LogP contribution in [0.15, 0.2) is 48.5 Å². The Balaban J connectivity index is 2.54. The van der Waals surface area contributed by atoms with E-state index < -0.39 is 0 Å². The van der Waals surface area contributed by atoms with E-state index in [1.165, 1.54) is 28.7 Å². The topological polar surface area (TPSA) is 0 Å². The highest BCUT2D eigenvalue weighted by Crippen LogP contribution is 2.35. The fourth-order valence-corrected chi connectivity index (χ4v) is 2.88. The molecule has 0 radical (unpaired) electrons. The summed E-state index contributed by atoms with van der Waals surface area (Å²) in [6, 6.07) is 17.5. The highest BCUT2D eigenvalue weighted by atomic mass is 14.3. The molecule has 0 fully saturated rings. The average molecular weight is 252 g/mol. The van der Waals surface area contributed by atoms with Gasteiger partial charge >= 0.3 is 0 Å². The van der Waals surface area contributed by atoms with Gasteiger partial charge < -0.3 is 0 Å². The largest absolute Gasteiger partial charge is 0.0651 e. The molecule has 0 spiro atoms. The van der Waals surface area contributed by atoms with Crippen molar-refractivity contribution in [3.8, 4) is 0 Å². The van der Waals surface area contributed by atoms with Crippen molar-refractivity contribution in [2.24, 2.45) is 0 Å². The van der Waals surface area contributed by atoms with Gasteiger partial charge in [0.15, 0.2) is 0 Å². The Morgan fingerprint density at radius 3 is 2.21 bits per heavy atom. The van der Waals surface area contributed by atoms with Crippen molar-refractivity contribution in [2.75, 3.05) is 0 Å². The zero-order chi connectivity index (χ0) is 13.9. The Hall–Kier alpha value is -1.56. The molecule has 0 bridgehead atoms. The van der Waals surface area contributed by atoms with E-state index in [4.69, 9.17) is 0 Å². The van der Waals surface area contributed by atoms with E-state index in [0.29, 0.717) is 0 Å². The molecule has 0 aliphatic carbocycles. The number of benzene rings is 2. The third kappa shape index (κ3) is 2.73. The lowest BCUT2D eigenvalue weighted by Gasteiger charge is -2.29. The highest BCUT2D eigenvalue weighted by Gasteiger charge is 2.25. The third-order valence-electron chi connectivity index (χ3n) is 4.08. The summed E-state index contributed by atoms with van der Waals surface area (Å²) in [5.41, 5.74) is 5.87. The van der Waals surface area contributed by atoms with Gasteiger partial charge in [0.2, 0.25) is 0 Å². The molecule has 100 valence electrons. The first-order valence-electron chi connectivity index (χ1n) is 7.22. The van der Waals surface area contributed by atoms with Crippen LogP contribution in [0.25, 0.3) is 0 Å². The molecule has 0 unspecified atom stereocenters. The second-order valence-electron chi connectivity index (χ2n) is 5.84. The molecule has 0 nitrogen and oxygen atoms in total. The van der Waals surface area contributed by atoms with Crippen LogP contribution in [0.4, 0.5) is 0 Å². The van der Waals surface area contributed by atoms with E-state index in [1.807, 2.05) is 0 Å². The molecule has 2 aromatic carbocycles. The maximum atomic E-state index is 2.33. The van der Waals surface area contributed by atoms with Gasteiger partial charge in [0, 0.05) is 5.41 Å². The zero-order valence-corrected chi connectivity index (χ0v) is 12.5. The van der Waals surface area contributed by atoms with E-state index in [1.54, 1.807) is 0 Å². The third-order valence-corrected chi connectivity index (χ3v) is 4.08. The van der Waals surface area contributed by atoms with E-state index in [9.17, 15) is 0 Å². The summed E-state index contributed by atoms with van der Waals surface area (Å²) in [4.78, 5) is 0. The van der Waals surface area contributed by atoms with Crippen LogP contribution in [0.2, 0.25) is 0 Å². The van der Waals surface area contributed by atoms with Gasteiger partial charge in [0.25, 0.3) is 0 Å². The van der Waals surface area contributed by atoms with Gasteiger partial charge in [-0.05, 0) is 35.6 Å². The fraction of sp³-hybridized carbons (Fsp3) is 0.368. The van der Waals surface area contributed by atoms with Crippen LogP contribution in [-0.2, 0) is 11.8 Å². The minimum atomic E-state index is 0.0672. The highest BCUT2D eigenvalue weighted by molar-refractivity contribution is 5.45. The second kappa shape index (κ2) is 5.61. The van der Waals surface area contributed by atoms with Crippen molar-refractivity contribution in [1.29, 1.82) is 0 Å². The van der Waals surface area contributed by atoms with Crippen molar-refractivity contribution < 1.29 is 0 Å². The van der Waals surface area contributed by atoms with Crippen LogP contribution in [0.5, 0.6) is 0 Å². The number of hydrogen-bond donors (Lipinski definition) is 0. The standard InChI is InChI=1S/C19H24/c1-5-10-17-15(2)11-9-14-18(17)19(3,4)16-12-7-6-8-13-16/h6-9,11-14H,5,10H2,1-4H3. The lowest BCUT2D eigenvalue weighted by atomic mass is 9.74. The summed E-state index contributed by atoms with van der Waals surface area (Å²) >= 11 is 0. The van der Waals surface area contributed by atoms with Crippen LogP contribution in [0.1, 0.15) is 49.4 Å². The number of hydrogen-bond acceptors (Lipinski definition) is 0. The minimum Gasteiger partial charge on any atom is -0.0651 e. The monoisotopic (exact) mass is 252 g/mol. The first-order valence-corrected chi connectivity index (χ1v) is 7.22. The molecule has 0 heterocycles. The minimum absolute atomic E-state index is 0.0672. The van der Waals surface area contributed by atoms with Crippen LogP contribution < -0.4 is 0 Å². The summed E-state index contributed by atoms with van der Waals surface area (Å²) in [6.07, 6.45) is 2.36. The summed E-state index contributed by atoms with van der Waals surface area (Å²) in [7, 11) is 0. The molecule has 0 saturated heterocycles. The van der Waals surface area contributed by atoms with E-state index >= 15 is 0 Å². The molecular weight excluding hydrogens is 228 g/mol. The lowest BCUT2D eigenvalue weighted by molar-refractivity contribution is 0.628. The van der Waals surface area contributed by atoms with Gasteiger partial charge in [0.1, 0.15) is 0 Å². The SMILES string of the molecule is CCCc1c(C)cccc1C(C)(C)c1ccccc1. The quantitative estimate of drug-likeness (QED) is 0.695. The average Bonchev–Trinajstić information content (AvgIpc) is 2.42. The summed E-state index contributed by atoms with van der Waals surface area (Å²) in [6.45, 7) is 9.15. The normalized spacial score (nSPS) is 11.6. The van der Waals surface area contributed by atoms with Gasteiger partial charge in [-0.15, -0.1) is 0 Å². The van der Waals surface area contributed by atoms with Crippen LogP contribution in [0.3, 0.4) is 0 Å². The van der Waals surface area contributed by atoms with Gasteiger partial charge in [0.05, 0.1) is 0 Å². The molecule has 0 N–H and O–H groups in total. The first-order chi connectivity index (χ1) is 9.07. The summed E-state index contributed by atoms with van der Waals surface area (Å²) in [5, 5.41) is 0. The first kappa shape index (κ1) is 13.9. The number of aryl methyl sites for hydroxylation is 1. The van der Waals surface area contributed by atoms with E-state index in [0.717, 1.165) is 6.42 Å². The molecule has 0 heteroatoms. The van der Waals surface area contributed by atoms with Crippen molar-refractivity contribution in [3.63, 3.8) is 0 Å². The van der Waals surface area contributed by atoms with Crippen LogP contribution in [-0.4, -0.2) is 0 Å². The lowest BCUT2D eigenvalue weighted by Crippen LogP contribution is -2.21. The fourth-order valence-electron chi connectivity index (χ4n) is 2.88. The van der Waals surface area contributed by atoms with E-state index in [2.05, 4.69) is 76.2 Å². The van der Waals surface area contributed by atoms with Gasteiger partial charge in [-0.1, -0.05) is 75.7 Å². The zero-order valence-electron chi connectivity index (χ0n) is 12.5. The molecule has 0 aromatic heterocycles. The molecular formula is C19H24. The van der Waals surface area contributed by atoms with Crippen LogP contribution >= 0.6 is 0 Å². The molecule has 0 amide bonds. The Labute approximate surface area is 117 Å². The van der Waals surface area contributed by atoms with Crippen LogP contribution in [0, 0.1) is 6.92 Å². The molecule has 2 aromatic rings. The Kier molecular flexibility index (Phi) is 4.09. The van der Waals surface area contributed by atoms with Crippen molar-refractivity contribution in [2.45, 2.75) is 46.0 Å². The molecule has 0 aliphatic heterocycles. The van der Waals surface area contributed by atoms with Crippen molar-refractivity contribution >= 4 is 0 Å². The predicted octanol–water partition coefficient (Wildman–Crippen LogP) is 5.27. The Morgan fingerprint density at radius 1 is 0.895 bits per heavy atom. The summed E-state index contributed by atoms with van der Waals surface area (Å²) in [5.74, 6) is 0. The molecule has 0 aliphatic rings. The maximum absolute atomic E-state index is 2.33. The Bertz CT molecular complexity index is 535. The number of rotatable bonds is 4. The summed E-state index contributed by atoms with van der Waals surface area (Å²) < 4.78 is 0. The molecule has 2 rings (SSSR count).